The summed E-state index contributed by atoms with van der Waals surface area (Å²) in [6.45, 7) is 11.4. The van der Waals surface area contributed by atoms with Gasteiger partial charge in [0, 0.05) is 25.6 Å². The highest BCUT2D eigenvalue weighted by atomic mass is 16.6. The van der Waals surface area contributed by atoms with Gasteiger partial charge in [-0.3, -0.25) is 14.7 Å². The van der Waals surface area contributed by atoms with E-state index in [1.807, 2.05) is 34.6 Å². The largest absolute Gasteiger partial charge is 0.444 e. The zero-order chi connectivity index (χ0) is 16.8. The van der Waals surface area contributed by atoms with Crippen molar-refractivity contribution in [3.05, 3.63) is 0 Å². The van der Waals surface area contributed by atoms with Crippen LogP contribution in [-0.4, -0.2) is 60.6 Å². The molecule has 0 saturated heterocycles. The third kappa shape index (κ3) is 7.28. The Bertz CT molecular complexity index is 427. The molecule has 0 unspecified atom stereocenters. The predicted octanol–water partition coefficient (Wildman–Crippen LogP) is 1.14. The molecular formula is C15H28N4O3. The van der Waals surface area contributed by atoms with Gasteiger partial charge in [0.2, 0.25) is 5.91 Å². The van der Waals surface area contributed by atoms with Gasteiger partial charge in [0.15, 0.2) is 0 Å². The fourth-order valence-corrected chi connectivity index (χ4v) is 1.92. The van der Waals surface area contributed by atoms with Gasteiger partial charge in [0.25, 0.3) is 0 Å². The summed E-state index contributed by atoms with van der Waals surface area (Å²) in [5, 5.41) is 5.94. The molecule has 126 valence electrons. The molecule has 1 heterocycles. The van der Waals surface area contributed by atoms with Crippen LogP contribution in [0.4, 0.5) is 4.79 Å². The van der Waals surface area contributed by atoms with Crippen LogP contribution < -0.4 is 10.6 Å². The Labute approximate surface area is 132 Å². The second-order valence-corrected chi connectivity index (χ2v) is 6.63. The molecule has 7 heteroatoms. The van der Waals surface area contributed by atoms with Gasteiger partial charge >= 0.3 is 6.09 Å². The monoisotopic (exact) mass is 312 g/mol. The minimum Gasteiger partial charge on any atom is -0.444 e. The number of rotatable bonds is 4. The van der Waals surface area contributed by atoms with Crippen molar-refractivity contribution in [2.45, 2.75) is 52.7 Å². The first kappa shape index (κ1) is 18.3. The van der Waals surface area contributed by atoms with Crippen LogP contribution in [0.5, 0.6) is 0 Å². The summed E-state index contributed by atoms with van der Waals surface area (Å²) < 4.78 is 5.35. The maximum absolute atomic E-state index is 12.0. The van der Waals surface area contributed by atoms with Gasteiger partial charge in [0.1, 0.15) is 11.4 Å². The molecule has 0 fully saturated rings. The highest BCUT2D eigenvalue weighted by molar-refractivity contribution is 5.88. The number of hydrogen-bond donors (Lipinski definition) is 2. The molecule has 0 aromatic rings. The Morgan fingerprint density at radius 1 is 1.36 bits per heavy atom. The molecule has 0 bridgehead atoms. The lowest BCUT2D eigenvalue weighted by Gasteiger charge is -2.29. The van der Waals surface area contributed by atoms with Gasteiger partial charge in [-0.2, -0.15) is 0 Å². The van der Waals surface area contributed by atoms with E-state index in [1.54, 1.807) is 4.90 Å². The number of ether oxygens (including phenoxy) is 1. The van der Waals surface area contributed by atoms with Crippen molar-refractivity contribution >= 4 is 17.8 Å². The number of carbonyl (C=O) groups excluding carboxylic acids is 2. The smallest absolute Gasteiger partial charge is 0.410 e. The van der Waals surface area contributed by atoms with E-state index < -0.39 is 5.60 Å². The van der Waals surface area contributed by atoms with Crippen molar-refractivity contribution < 1.29 is 14.3 Å². The first-order valence-corrected chi connectivity index (χ1v) is 7.72. The van der Waals surface area contributed by atoms with Gasteiger partial charge in [-0.15, -0.1) is 0 Å². The lowest BCUT2D eigenvalue weighted by atomic mass is 10.2. The molecule has 1 aliphatic heterocycles. The molecule has 22 heavy (non-hydrogen) atoms. The third-order valence-corrected chi connectivity index (χ3v) is 2.80. The van der Waals surface area contributed by atoms with Crippen LogP contribution in [0.25, 0.3) is 0 Å². The highest BCUT2D eigenvalue weighted by Crippen LogP contribution is 2.10. The lowest BCUT2D eigenvalue weighted by Crippen LogP contribution is -2.47. The van der Waals surface area contributed by atoms with Gasteiger partial charge in [-0.05, 0) is 34.6 Å². The average Bonchev–Trinajstić information content (AvgIpc) is 2.36. The Kier molecular flexibility index (Phi) is 6.64. The summed E-state index contributed by atoms with van der Waals surface area (Å²) in [6, 6.07) is 0.141. The first-order valence-electron chi connectivity index (χ1n) is 7.72. The van der Waals surface area contributed by atoms with Crippen LogP contribution in [0.3, 0.4) is 0 Å². The Hall–Kier alpha value is -1.79. The van der Waals surface area contributed by atoms with Crippen molar-refractivity contribution in [2.24, 2.45) is 4.99 Å². The maximum atomic E-state index is 12.0. The van der Waals surface area contributed by atoms with E-state index in [1.165, 1.54) is 0 Å². The molecule has 1 rings (SSSR count). The number of nitrogens with one attached hydrogen (secondary N) is 2. The van der Waals surface area contributed by atoms with Crippen molar-refractivity contribution in [3.63, 3.8) is 0 Å². The number of aliphatic imine (C=N–C) groups is 1. The molecule has 0 saturated carbocycles. The summed E-state index contributed by atoms with van der Waals surface area (Å²) >= 11 is 0. The minimum absolute atomic E-state index is 0.00269. The van der Waals surface area contributed by atoms with Crippen LogP contribution in [0.15, 0.2) is 4.99 Å². The molecule has 0 spiro atoms. The van der Waals surface area contributed by atoms with E-state index >= 15 is 0 Å². The van der Waals surface area contributed by atoms with Crippen LogP contribution in [0.2, 0.25) is 0 Å². The second kappa shape index (κ2) is 8.00. The van der Waals surface area contributed by atoms with E-state index in [2.05, 4.69) is 15.6 Å². The summed E-state index contributed by atoms with van der Waals surface area (Å²) in [6.07, 6.45) is 0.0446. The number of amides is 2. The van der Waals surface area contributed by atoms with Gasteiger partial charge < -0.3 is 15.4 Å². The van der Waals surface area contributed by atoms with Crippen LogP contribution >= 0.6 is 0 Å². The van der Waals surface area contributed by atoms with Gasteiger partial charge in [0.05, 0.1) is 13.1 Å². The zero-order valence-electron chi connectivity index (χ0n) is 14.2. The van der Waals surface area contributed by atoms with Crippen LogP contribution in [-0.2, 0) is 9.53 Å². The van der Waals surface area contributed by atoms with Crippen molar-refractivity contribution in [3.8, 4) is 0 Å². The topological polar surface area (TPSA) is 83.0 Å². The van der Waals surface area contributed by atoms with Crippen LogP contribution in [0.1, 0.15) is 41.0 Å². The quantitative estimate of drug-likeness (QED) is 0.815. The molecule has 1 aliphatic rings. The Morgan fingerprint density at radius 3 is 2.64 bits per heavy atom. The van der Waals surface area contributed by atoms with E-state index in [9.17, 15) is 9.59 Å². The Morgan fingerprint density at radius 2 is 2.05 bits per heavy atom. The van der Waals surface area contributed by atoms with Crippen molar-refractivity contribution in [1.29, 1.82) is 0 Å². The maximum Gasteiger partial charge on any atom is 0.410 e. The van der Waals surface area contributed by atoms with E-state index in [0.29, 0.717) is 32.6 Å². The summed E-state index contributed by atoms with van der Waals surface area (Å²) in [4.78, 5) is 29.5. The average molecular weight is 312 g/mol. The van der Waals surface area contributed by atoms with Crippen molar-refractivity contribution in [2.75, 3.05) is 26.2 Å². The number of amidine groups is 1. The number of hydrogen-bond acceptors (Lipinski definition) is 5. The third-order valence-electron chi connectivity index (χ3n) is 2.80. The summed E-state index contributed by atoms with van der Waals surface area (Å²) in [5.74, 6) is 0.720. The molecule has 0 aliphatic carbocycles. The summed E-state index contributed by atoms with van der Waals surface area (Å²) in [7, 11) is 0. The van der Waals surface area contributed by atoms with E-state index in [0.717, 1.165) is 5.84 Å². The molecule has 0 atom stereocenters. The van der Waals surface area contributed by atoms with Gasteiger partial charge in [-0.1, -0.05) is 0 Å². The molecular weight excluding hydrogens is 284 g/mol. The molecule has 2 N–H and O–H groups in total. The first-order chi connectivity index (χ1) is 10.2. The van der Waals surface area contributed by atoms with E-state index in [4.69, 9.17) is 4.74 Å². The standard InChI is InChI=1S/C15H28N4O3/c1-11(2)18-13(20)6-7-16-12-10-19(9-8-17-12)14(21)22-15(3,4)5/h11H,6-10H2,1-5H3,(H,16,17)(H,18,20). The fraction of sp³-hybridized carbons (Fsp3) is 0.800. The lowest BCUT2D eigenvalue weighted by molar-refractivity contribution is -0.121. The molecule has 2 amide bonds. The predicted molar refractivity (Wildman–Crippen MR) is 86.0 cm³/mol. The SMILES string of the molecule is CC(C)NC(=O)CCNC1=NCCN(C(=O)OC(C)(C)C)C1. The molecule has 0 aromatic carbocycles. The number of carbonyl (C=O) groups is 2. The summed E-state index contributed by atoms with van der Waals surface area (Å²) in [5.41, 5.74) is -0.506. The van der Waals surface area contributed by atoms with Gasteiger partial charge in [-0.25, -0.2) is 4.79 Å². The zero-order valence-corrected chi connectivity index (χ0v) is 14.2. The number of nitrogens with zero attached hydrogens (tertiary/aromatic N) is 2. The molecule has 0 radical (unpaired) electrons. The van der Waals surface area contributed by atoms with Crippen LogP contribution in [0, 0.1) is 0 Å². The molecule has 0 aromatic heterocycles. The van der Waals surface area contributed by atoms with E-state index in [-0.39, 0.29) is 18.0 Å². The minimum atomic E-state index is -0.506. The van der Waals surface area contributed by atoms with Crippen molar-refractivity contribution in [1.82, 2.24) is 15.5 Å². The molecule has 7 nitrogen and oxygen atoms in total. The highest BCUT2D eigenvalue weighted by Gasteiger charge is 2.24. The normalized spacial score (nSPS) is 15.4. The Balaban J connectivity index is 2.36. The fourth-order valence-electron chi connectivity index (χ4n) is 1.92. The second-order valence-electron chi connectivity index (χ2n) is 6.63.